The average Bonchev–Trinajstić information content (AvgIpc) is 1.61. The van der Waals surface area contributed by atoms with Crippen LogP contribution in [0.3, 0.4) is 0 Å². The van der Waals surface area contributed by atoms with Gasteiger partial charge in [0.05, 0.1) is 0 Å². The summed E-state index contributed by atoms with van der Waals surface area (Å²) < 4.78 is 0. The Hall–Kier alpha value is 0.0743. The van der Waals surface area contributed by atoms with Gasteiger partial charge in [0.1, 0.15) is 5.34 Å². The van der Waals surface area contributed by atoms with E-state index in [1.807, 2.05) is 5.34 Å². The maximum Gasteiger partial charge on any atom is 0.120 e. The Labute approximate surface area is 55.7 Å². The van der Waals surface area contributed by atoms with Crippen LogP contribution in [0.1, 0.15) is 0 Å². The maximum atomic E-state index is 8.95. The quantitative estimate of drug-likeness (QED) is 0.194. The molecule has 0 bridgehead atoms. The second-order valence-corrected chi connectivity index (χ2v) is 0.529. The Morgan fingerprint density at radius 2 is 2.43 bits per heavy atom. The molecule has 5 heteroatoms. The largest absolute Gasteiger partial charge is 0.533 e. The Morgan fingerprint density at radius 1 is 1.86 bits per heavy atom. The molecule has 0 aromatic carbocycles. The zero-order chi connectivity index (χ0) is 4.83. The molecule has 0 heterocycles. The van der Waals surface area contributed by atoms with E-state index in [1.54, 1.807) is 0 Å². The summed E-state index contributed by atoms with van der Waals surface area (Å²) in [6, 6.07) is 0. The molecule has 0 amide bonds. The summed E-state index contributed by atoms with van der Waals surface area (Å²) in [7, 11) is 0. The fourth-order valence-electron chi connectivity index (χ4n) is 0.0638. The van der Waals surface area contributed by atoms with Gasteiger partial charge in [0.25, 0.3) is 0 Å². The minimum absolute atomic E-state index is 0. The third kappa shape index (κ3) is 10.7. The Kier molecular flexibility index (Phi) is 13.6. The second kappa shape index (κ2) is 9.42. The van der Waals surface area contributed by atoms with Gasteiger partial charge in [-0.25, -0.2) is 0 Å². The van der Waals surface area contributed by atoms with Crippen LogP contribution in [0.25, 0.3) is 0 Å². The first kappa shape index (κ1) is 10.1. The number of hydrogen-bond donors (Lipinski definition) is 1. The van der Waals surface area contributed by atoms with Gasteiger partial charge in [-0.15, -0.1) is 11.5 Å². The van der Waals surface area contributed by atoms with Gasteiger partial charge in [-0.05, 0) is 6.61 Å². The maximum absolute atomic E-state index is 8.95. The predicted molar refractivity (Wildman–Crippen MR) is 18.3 cm³/mol. The van der Waals surface area contributed by atoms with E-state index >= 15 is 0 Å². The molecule has 0 aliphatic rings. The standard InChI is InChI=1S/C2H4NO3.Ti/c4-1-2-6-3-5;/h2,4H,1H2;/q-1;. The molecule has 0 saturated heterocycles. The fourth-order valence-corrected chi connectivity index (χ4v) is 0.0638. The summed E-state index contributed by atoms with van der Waals surface area (Å²) in [5.74, 6) is 0. The SMILES string of the molecule is O=NO[CH-]CO.[Ti]. The van der Waals surface area contributed by atoms with Crippen LogP contribution in [0.4, 0.5) is 0 Å². The van der Waals surface area contributed by atoms with Gasteiger partial charge in [-0.3, -0.25) is 0 Å². The van der Waals surface area contributed by atoms with Gasteiger partial charge >= 0.3 is 0 Å². The van der Waals surface area contributed by atoms with Crippen molar-refractivity contribution >= 4 is 0 Å². The molecule has 0 aliphatic carbocycles. The molecular formula is C2H4NO3Ti-. The summed E-state index contributed by atoms with van der Waals surface area (Å²) in [4.78, 5) is 12.6. The molecule has 0 atom stereocenters. The van der Waals surface area contributed by atoms with Crippen molar-refractivity contribution in [2.24, 2.45) is 5.34 Å². The first-order chi connectivity index (χ1) is 2.91. The van der Waals surface area contributed by atoms with E-state index in [9.17, 15) is 0 Å². The van der Waals surface area contributed by atoms with Gasteiger partial charge in [-0.1, -0.05) is 0 Å². The second-order valence-electron chi connectivity index (χ2n) is 0.529. The van der Waals surface area contributed by atoms with Gasteiger partial charge in [0.15, 0.2) is 0 Å². The Balaban J connectivity index is 0. The molecule has 0 aliphatic heterocycles. The minimum atomic E-state index is -0.286. The Morgan fingerprint density at radius 3 is 2.57 bits per heavy atom. The van der Waals surface area contributed by atoms with Crippen molar-refractivity contribution in [2.75, 3.05) is 6.61 Å². The van der Waals surface area contributed by atoms with Gasteiger partial charge in [0, 0.05) is 21.7 Å². The molecule has 0 saturated carbocycles. The van der Waals surface area contributed by atoms with Crippen molar-refractivity contribution in [1.29, 1.82) is 0 Å². The van der Waals surface area contributed by atoms with E-state index in [1.165, 1.54) is 0 Å². The molecule has 1 N–H and O–H groups in total. The van der Waals surface area contributed by atoms with Crippen molar-refractivity contribution in [3.8, 4) is 0 Å². The summed E-state index contributed by atoms with van der Waals surface area (Å²) in [5, 5.41) is 9.78. The van der Waals surface area contributed by atoms with Crippen molar-refractivity contribution in [3.05, 3.63) is 11.5 Å². The minimum Gasteiger partial charge on any atom is -0.533 e. The molecule has 0 rings (SSSR count). The molecule has 0 aromatic heterocycles. The van der Waals surface area contributed by atoms with Crippen molar-refractivity contribution in [3.63, 3.8) is 0 Å². The van der Waals surface area contributed by atoms with Crippen LogP contribution in [0, 0.1) is 11.5 Å². The van der Waals surface area contributed by atoms with Crippen LogP contribution in [0.2, 0.25) is 0 Å². The summed E-state index contributed by atoms with van der Waals surface area (Å²) in [5.41, 5.74) is 0. The number of rotatable bonds is 3. The fraction of sp³-hybridized carbons (Fsp3) is 0.500. The monoisotopic (exact) mass is 138 g/mol. The van der Waals surface area contributed by atoms with Crippen LogP contribution in [-0.2, 0) is 26.6 Å². The van der Waals surface area contributed by atoms with E-state index in [0.29, 0.717) is 0 Å². The summed E-state index contributed by atoms with van der Waals surface area (Å²) >= 11 is 0. The smallest absolute Gasteiger partial charge is 0.120 e. The van der Waals surface area contributed by atoms with Gasteiger partial charge in [-0.2, -0.15) is 0 Å². The van der Waals surface area contributed by atoms with Crippen molar-refractivity contribution in [1.82, 2.24) is 0 Å². The molecule has 0 unspecified atom stereocenters. The number of hydrogen-bond acceptors (Lipinski definition) is 4. The van der Waals surface area contributed by atoms with E-state index in [2.05, 4.69) is 4.84 Å². The molecule has 0 spiro atoms. The predicted octanol–water partition coefficient (Wildman–Crippen LogP) is -0.164. The third-order valence-electron chi connectivity index (χ3n) is 0.192. The normalized spacial score (nSPS) is 6.43. The third-order valence-corrected chi connectivity index (χ3v) is 0.192. The topological polar surface area (TPSA) is 58.9 Å². The first-order valence-corrected chi connectivity index (χ1v) is 1.33. The molecule has 40 valence electrons. The summed E-state index contributed by atoms with van der Waals surface area (Å²) in [6.07, 6.45) is 0. The van der Waals surface area contributed by atoms with E-state index < -0.39 is 0 Å². The van der Waals surface area contributed by atoms with E-state index in [4.69, 9.17) is 10.0 Å². The zero-order valence-electron chi connectivity index (χ0n) is 3.50. The van der Waals surface area contributed by atoms with Crippen LogP contribution < -0.4 is 0 Å². The number of aliphatic hydroxyl groups excluding tert-OH is 1. The number of nitrogens with zero attached hydrogens (tertiary/aromatic N) is 1. The van der Waals surface area contributed by atoms with Gasteiger partial charge in [0.2, 0.25) is 0 Å². The Bertz CT molecular complexity index is 41.9. The zero-order valence-corrected chi connectivity index (χ0v) is 5.06. The van der Waals surface area contributed by atoms with Crippen LogP contribution >= 0.6 is 0 Å². The van der Waals surface area contributed by atoms with Crippen molar-refractivity contribution in [2.45, 2.75) is 0 Å². The van der Waals surface area contributed by atoms with Crippen LogP contribution in [0.5, 0.6) is 0 Å². The van der Waals surface area contributed by atoms with E-state index in [-0.39, 0.29) is 28.3 Å². The molecular weight excluding hydrogens is 134 g/mol. The van der Waals surface area contributed by atoms with Crippen LogP contribution in [-0.4, -0.2) is 11.7 Å². The molecule has 7 heavy (non-hydrogen) atoms. The molecule has 0 aromatic rings. The van der Waals surface area contributed by atoms with Crippen molar-refractivity contribution < 1.29 is 31.7 Å². The summed E-state index contributed by atoms with van der Waals surface area (Å²) in [6.45, 7) is 0.596. The molecule has 4 nitrogen and oxygen atoms in total. The first-order valence-electron chi connectivity index (χ1n) is 1.33. The average molecular weight is 138 g/mol. The molecule has 0 fully saturated rings. The molecule has 0 radical (unpaired) electrons. The number of aliphatic hydroxyl groups is 1. The van der Waals surface area contributed by atoms with Crippen LogP contribution in [0.15, 0.2) is 5.34 Å². The van der Waals surface area contributed by atoms with Gasteiger partial charge < -0.3 is 9.94 Å². The van der Waals surface area contributed by atoms with E-state index in [0.717, 1.165) is 6.61 Å².